The van der Waals surface area contributed by atoms with E-state index >= 15 is 0 Å². The van der Waals surface area contributed by atoms with Crippen molar-refractivity contribution in [3.63, 3.8) is 0 Å². The molecule has 0 N–H and O–H groups in total. The minimum absolute atomic E-state index is 0.0391. The first-order valence-corrected chi connectivity index (χ1v) is 10.1. The summed E-state index contributed by atoms with van der Waals surface area (Å²) in [6.45, 7) is 3.07. The molecule has 6 nitrogen and oxygen atoms in total. The van der Waals surface area contributed by atoms with Gasteiger partial charge in [0.15, 0.2) is 6.39 Å². The number of methoxy groups -OCH3 is 1. The number of aromatic nitrogens is 1. The van der Waals surface area contributed by atoms with Crippen molar-refractivity contribution < 1.29 is 18.7 Å². The van der Waals surface area contributed by atoms with E-state index in [1.165, 1.54) is 38.5 Å². The molecule has 1 saturated carbocycles. The van der Waals surface area contributed by atoms with Crippen LogP contribution in [0.4, 0.5) is 0 Å². The second-order valence-electron chi connectivity index (χ2n) is 8.11. The van der Waals surface area contributed by atoms with E-state index in [0.29, 0.717) is 18.1 Å². The molecule has 4 rings (SSSR count). The van der Waals surface area contributed by atoms with Gasteiger partial charge in [0, 0.05) is 6.54 Å². The molecule has 1 aliphatic carbocycles. The summed E-state index contributed by atoms with van der Waals surface area (Å²) < 4.78 is 16.6. The fraction of sp³-hybridized carbons (Fsp3) is 0.545. The molecule has 1 aromatic carbocycles. The quantitative estimate of drug-likeness (QED) is 0.772. The molecule has 1 aromatic heterocycles. The Labute approximate surface area is 165 Å². The third-order valence-corrected chi connectivity index (χ3v) is 6.23. The van der Waals surface area contributed by atoms with Crippen molar-refractivity contribution in [2.75, 3.05) is 20.3 Å². The summed E-state index contributed by atoms with van der Waals surface area (Å²) in [7, 11) is 1.65. The summed E-state index contributed by atoms with van der Waals surface area (Å²) in [5.74, 6) is 1.86. The topological polar surface area (TPSA) is 64.8 Å². The number of oxazole rings is 1. The Morgan fingerprint density at radius 3 is 2.57 bits per heavy atom. The van der Waals surface area contributed by atoms with Gasteiger partial charge >= 0.3 is 0 Å². The van der Waals surface area contributed by atoms with Crippen LogP contribution in [0.3, 0.4) is 0 Å². The lowest BCUT2D eigenvalue weighted by atomic mass is 9.73. The predicted molar refractivity (Wildman–Crippen MR) is 105 cm³/mol. The van der Waals surface area contributed by atoms with Gasteiger partial charge in [0.05, 0.1) is 18.8 Å². The van der Waals surface area contributed by atoms with E-state index in [-0.39, 0.29) is 17.4 Å². The molecule has 28 heavy (non-hydrogen) atoms. The predicted octanol–water partition coefficient (Wildman–Crippen LogP) is 4.24. The summed E-state index contributed by atoms with van der Waals surface area (Å²) in [6.07, 6.45) is 8.49. The van der Waals surface area contributed by atoms with Crippen molar-refractivity contribution >= 4 is 5.91 Å². The molecule has 150 valence electrons. The van der Waals surface area contributed by atoms with Crippen LogP contribution >= 0.6 is 0 Å². The summed E-state index contributed by atoms with van der Waals surface area (Å²) in [6, 6.07) is 7.60. The van der Waals surface area contributed by atoms with Gasteiger partial charge in [-0.1, -0.05) is 19.3 Å². The number of ether oxygens (including phenoxy) is 2. The molecule has 1 aliphatic heterocycles. The minimum Gasteiger partial charge on any atom is -0.497 e. The van der Waals surface area contributed by atoms with Crippen molar-refractivity contribution in [1.29, 1.82) is 0 Å². The largest absolute Gasteiger partial charge is 0.497 e. The van der Waals surface area contributed by atoms with Crippen LogP contribution in [0.25, 0.3) is 0 Å². The Kier molecular flexibility index (Phi) is 5.29. The highest BCUT2D eigenvalue weighted by Crippen LogP contribution is 2.46. The lowest BCUT2D eigenvalue weighted by molar-refractivity contribution is 0.0641. The first kappa shape index (κ1) is 18.8. The lowest BCUT2D eigenvalue weighted by Gasteiger charge is -2.32. The Bertz CT molecular complexity index is 808. The van der Waals surface area contributed by atoms with Gasteiger partial charge in [-0.3, -0.25) is 4.79 Å². The van der Waals surface area contributed by atoms with Gasteiger partial charge in [-0.05, 0) is 55.9 Å². The molecule has 1 saturated heterocycles. The monoisotopic (exact) mass is 384 g/mol. The second-order valence-corrected chi connectivity index (χ2v) is 8.11. The highest BCUT2D eigenvalue weighted by atomic mass is 16.5. The molecule has 2 aromatic rings. The average molecular weight is 384 g/mol. The van der Waals surface area contributed by atoms with Crippen LogP contribution in [-0.4, -0.2) is 42.1 Å². The van der Waals surface area contributed by atoms with Crippen molar-refractivity contribution in [3.8, 4) is 11.5 Å². The van der Waals surface area contributed by atoms with Crippen LogP contribution in [0.1, 0.15) is 54.8 Å². The molecule has 0 bridgehead atoms. The van der Waals surface area contributed by atoms with Crippen LogP contribution in [0.5, 0.6) is 11.5 Å². The van der Waals surface area contributed by atoms with Crippen LogP contribution in [-0.2, 0) is 0 Å². The zero-order valence-electron chi connectivity index (χ0n) is 16.6. The van der Waals surface area contributed by atoms with Gasteiger partial charge in [-0.25, -0.2) is 4.98 Å². The number of hydrogen-bond acceptors (Lipinski definition) is 5. The molecule has 6 heteroatoms. The van der Waals surface area contributed by atoms with E-state index in [4.69, 9.17) is 13.9 Å². The van der Waals surface area contributed by atoms with Gasteiger partial charge in [0.2, 0.25) is 5.76 Å². The smallest absolute Gasteiger partial charge is 0.291 e. The molecule has 1 unspecified atom stereocenters. The van der Waals surface area contributed by atoms with E-state index in [0.717, 1.165) is 24.5 Å². The number of benzene rings is 1. The maximum Gasteiger partial charge on any atom is 0.291 e. The van der Waals surface area contributed by atoms with Crippen molar-refractivity contribution in [3.05, 3.63) is 42.1 Å². The Hall–Kier alpha value is -2.50. The van der Waals surface area contributed by atoms with Gasteiger partial charge in [0.1, 0.15) is 18.1 Å². The molecular formula is C22H28N2O4. The van der Waals surface area contributed by atoms with Gasteiger partial charge in [0.25, 0.3) is 5.91 Å². The standard InChI is InChI=1S/C22H28N2O4/c1-16-20(28-15-23-16)21(25)24-14-22(10-4-3-5-11-22)12-17(24)13-27-19-8-6-18(26-2)7-9-19/h6-9,15,17H,3-5,10-14H2,1-2H3. The highest BCUT2D eigenvalue weighted by Gasteiger charge is 2.47. The SMILES string of the molecule is COc1ccc(OCC2CC3(CCCCC3)CN2C(=O)c2ocnc2C)cc1. The van der Waals surface area contributed by atoms with E-state index in [2.05, 4.69) is 4.98 Å². The molecule has 1 atom stereocenters. The van der Waals surface area contributed by atoms with Crippen molar-refractivity contribution in [2.24, 2.45) is 5.41 Å². The number of hydrogen-bond donors (Lipinski definition) is 0. The summed E-state index contributed by atoms with van der Waals surface area (Å²) in [5.41, 5.74) is 0.861. The van der Waals surface area contributed by atoms with Crippen LogP contribution in [0.15, 0.2) is 35.1 Å². The number of nitrogens with zero attached hydrogens (tertiary/aromatic N) is 2. The molecule has 0 radical (unpaired) electrons. The van der Waals surface area contributed by atoms with Crippen molar-refractivity contribution in [2.45, 2.75) is 51.5 Å². The number of aryl methyl sites for hydroxylation is 1. The number of rotatable bonds is 5. The Morgan fingerprint density at radius 1 is 1.21 bits per heavy atom. The molecule has 2 aliphatic rings. The number of likely N-dealkylation sites (tertiary alicyclic amines) is 1. The molecule has 2 heterocycles. The maximum atomic E-state index is 13.2. The van der Waals surface area contributed by atoms with Crippen LogP contribution in [0, 0.1) is 12.3 Å². The number of amides is 1. The Balaban J connectivity index is 1.51. The average Bonchev–Trinajstić information content (AvgIpc) is 3.30. The third-order valence-electron chi connectivity index (χ3n) is 6.23. The van der Waals surface area contributed by atoms with E-state index in [1.54, 1.807) is 7.11 Å². The third kappa shape index (κ3) is 3.73. The zero-order valence-corrected chi connectivity index (χ0v) is 16.6. The summed E-state index contributed by atoms with van der Waals surface area (Å²) in [5, 5.41) is 0. The summed E-state index contributed by atoms with van der Waals surface area (Å²) in [4.78, 5) is 19.2. The fourth-order valence-electron chi connectivity index (χ4n) is 4.72. The van der Waals surface area contributed by atoms with Gasteiger partial charge in [-0.2, -0.15) is 0 Å². The second kappa shape index (κ2) is 7.86. The van der Waals surface area contributed by atoms with Crippen LogP contribution in [0.2, 0.25) is 0 Å². The highest BCUT2D eigenvalue weighted by molar-refractivity contribution is 5.92. The molecular weight excluding hydrogens is 356 g/mol. The maximum absolute atomic E-state index is 13.2. The minimum atomic E-state index is -0.0687. The fourth-order valence-corrected chi connectivity index (χ4v) is 4.72. The summed E-state index contributed by atoms with van der Waals surface area (Å²) >= 11 is 0. The number of carbonyl (C=O) groups excluding carboxylic acids is 1. The van der Waals surface area contributed by atoms with Crippen LogP contribution < -0.4 is 9.47 Å². The lowest BCUT2D eigenvalue weighted by Crippen LogP contribution is -2.39. The van der Waals surface area contributed by atoms with Gasteiger partial charge in [-0.15, -0.1) is 0 Å². The normalized spacial score (nSPS) is 21.1. The Morgan fingerprint density at radius 2 is 1.93 bits per heavy atom. The van der Waals surface area contributed by atoms with Crippen molar-refractivity contribution in [1.82, 2.24) is 9.88 Å². The molecule has 1 amide bonds. The van der Waals surface area contributed by atoms with E-state index < -0.39 is 0 Å². The first-order valence-electron chi connectivity index (χ1n) is 10.1. The van der Waals surface area contributed by atoms with E-state index in [1.807, 2.05) is 36.1 Å². The van der Waals surface area contributed by atoms with E-state index in [9.17, 15) is 4.79 Å². The molecule has 1 spiro atoms. The number of carbonyl (C=O) groups is 1. The zero-order chi connectivity index (χ0) is 19.6. The van der Waals surface area contributed by atoms with Gasteiger partial charge < -0.3 is 18.8 Å². The molecule has 2 fully saturated rings. The first-order chi connectivity index (χ1) is 13.6.